The lowest BCUT2D eigenvalue weighted by Gasteiger charge is -2.50. The molecular formula is C69H70BN3O. The van der Waals surface area contributed by atoms with Gasteiger partial charge in [-0.15, -0.1) is 0 Å². The van der Waals surface area contributed by atoms with Crippen LogP contribution in [0.4, 0.5) is 45.5 Å². The first kappa shape index (κ1) is 46.8. The Balaban J connectivity index is 1.11. The molecule has 1 fully saturated rings. The molecule has 1 aromatic heterocycles. The average molecular weight is 968 g/mol. The monoisotopic (exact) mass is 968 g/mol. The molecule has 2 atom stereocenters. The number of nitrogens with zero attached hydrogens (tertiary/aromatic N) is 3. The maximum absolute atomic E-state index is 6.52. The van der Waals surface area contributed by atoms with Gasteiger partial charge in [0.1, 0.15) is 11.2 Å². The number of benzene rings is 8. The summed E-state index contributed by atoms with van der Waals surface area (Å²) in [6, 6.07) is 60.9. The predicted molar refractivity (Wildman–Crippen MR) is 317 cm³/mol. The Morgan fingerprint density at radius 3 is 1.81 bits per heavy atom. The number of furan rings is 1. The van der Waals surface area contributed by atoms with Crippen molar-refractivity contribution in [3.63, 3.8) is 0 Å². The second-order valence-electron chi connectivity index (χ2n) is 25.8. The van der Waals surface area contributed by atoms with Crippen LogP contribution in [0.5, 0.6) is 0 Å². The van der Waals surface area contributed by atoms with E-state index >= 15 is 0 Å². The summed E-state index contributed by atoms with van der Waals surface area (Å²) in [5.41, 5.74) is 24.7. The second-order valence-corrected chi connectivity index (χ2v) is 25.8. The van der Waals surface area contributed by atoms with Crippen molar-refractivity contribution in [2.24, 2.45) is 0 Å². The molecule has 0 saturated heterocycles. The van der Waals surface area contributed by atoms with Crippen molar-refractivity contribution in [3.05, 3.63) is 186 Å². The molecule has 9 aromatic rings. The first-order valence-electron chi connectivity index (χ1n) is 27.3. The molecule has 4 nitrogen and oxygen atoms in total. The normalized spacial score (nSPS) is 19.1. The van der Waals surface area contributed by atoms with E-state index in [2.05, 4.69) is 256 Å². The molecule has 4 aliphatic rings. The molecule has 2 unspecified atom stereocenters. The highest BCUT2D eigenvalue weighted by Gasteiger charge is 2.58. The number of anilines is 8. The van der Waals surface area contributed by atoms with E-state index < -0.39 is 0 Å². The minimum Gasteiger partial charge on any atom is -0.456 e. The van der Waals surface area contributed by atoms with E-state index in [1.807, 2.05) is 0 Å². The first-order valence-corrected chi connectivity index (χ1v) is 27.3. The van der Waals surface area contributed by atoms with Gasteiger partial charge in [0, 0.05) is 61.6 Å². The summed E-state index contributed by atoms with van der Waals surface area (Å²) in [5, 5.41) is 2.26. The highest BCUT2D eigenvalue weighted by atomic mass is 16.3. The minimum absolute atomic E-state index is 0.00222. The fourth-order valence-electron chi connectivity index (χ4n) is 13.8. The summed E-state index contributed by atoms with van der Waals surface area (Å²) in [6.45, 7) is 28.5. The molecule has 74 heavy (non-hydrogen) atoms. The summed E-state index contributed by atoms with van der Waals surface area (Å²) in [7, 11) is 0. The zero-order valence-corrected chi connectivity index (χ0v) is 45.7. The highest BCUT2D eigenvalue weighted by Crippen LogP contribution is 2.62. The summed E-state index contributed by atoms with van der Waals surface area (Å²) >= 11 is 0. The Labute approximate surface area is 440 Å². The molecule has 370 valence electrons. The van der Waals surface area contributed by atoms with Gasteiger partial charge >= 0.3 is 0 Å². The quantitative estimate of drug-likeness (QED) is 0.164. The smallest absolute Gasteiger partial charge is 0.252 e. The Morgan fingerprint density at radius 1 is 0.473 bits per heavy atom. The Hall–Kier alpha value is -6.98. The highest BCUT2D eigenvalue weighted by molar-refractivity contribution is 7.00. The molecule has 1 saturated carbocycles. The van der Waals surface area contributed by atoms with Gasteiger partial charge in [0.15, 0.2) is 0 Å². The first-order chi connectivity index (χ1) is 35.2. The summed E-state index contributed by atoms with van der Waals surface area (Å²) in [4.78, 5) is 8.00. The van der Waals surface area contributed by atoms with Crippen LogP contribution >= 0.6 is 0 Å². The Bertz CT molecular complexity index is 3770. The number of rotatable bonds is 4. The van der Waals surface area contributed by atoms with Gasteiger partial charge < -0.3 is 19.1 Å². The van der Waals surface area contributed by atoms with E-state index in [0.29, 0.717) is 0 Å². The van der Waals surface area contributed by atoms with Gasteiger partial charge in [-0.05, 0) is 165 Å². The van der Waals surface area contributed by atoms with E-state index in [0.717, 1.165) is 34.0 Å². The van der Waals surface area contributed by atoms with Gasteiger partial charge in [0.25, 0.3) is 6.71 Å². The van der Waals surface area contributed by atoms with Gasteiger partial charge in [-0.3, -0.25) is 0 Å². The van der Waals surface area contributed by atoms with Crippen LogP contribution in [0.25, 0.3) is 33.1 Å². The number of fused-ring (bicyclic) bond motifs is 10. The van der Waals surface area contributed by atoms with Crippen LogP contribution < -0.4 is 31.1 Å². The van der Waals surface area contributed by atoms with Gasteiger partial charge in [0.2, 0.25) is 0 Å². The number of para-hydroxylation sites is 1. The van der Waals surface area contributed by atoms with Crippen molar-refractivity contribution < 1.29 is 4.42 Å². The Kier molecular flexibility index (Phi) is 10.1. The van der Waals surface area contributed by atoms with Crippen molar-refractivity contribution in [3.8, 4) is 11.1 Å². The third kappa shape index (κ3) is 6.87. The van der Waals surface area contributed by atoms with Crippen molar-refractivity contribution >= 4 is 90.5 Å². The molecular weight excluding hydrogens is 898 g/mol. The Morgan fingerprint density at radius 2 is 1.08 bits per heavy atom. The van der Waals surface area contributed by atoms with Crippen LogP contribution in [0.3, 0.4) is 0 Å². The molecule has 5 heteroatoms. The minimum atomic E-state index is -0.105. The molecule has 0 N–H and O–H groups in total. The maximum Gasteiger partial charge on any atom is 0.252 e. The number of aryl methyl sites for hydroxylation is 1. The SMILES string of the molecule is Cc1cc2c3c(c1)N(c1ccc(C(C)(C)C)cc1-c1ccccc1)c1ccc(C(C)(C)C)cc1B3c1ccc(N3c4ccc(C(C)(C)C)cc4C4(C)CCCCC34C)cc1N2c1ccc2oc3ccccc3c2c1. The zero-order chi connectivity index (χ0) is 51.4. The molecule has 8 aromatic carbocycles. The molecule has 1 aliphatic carbocycles. The van der Waals surface area contributed by atoms with Gasteiger partial charge in [0.05, 0.1) is 11.2 Å². The molecule has 3 aliphatic heterocycles. The van der Waals surface area contributed by atoms with Gasteiger partial charge in [-0.2, -0.15) is 0 Å². The van der Waals surface area contributed by atoms with E-state index in [1.54, 1.807) is 0 Å². The number of hydrogen-bond acceptors (Lipinski definition) is 4. The van der Waals surface area contributed by atoms with Crippen LogP contribution in [-0.4, -0.2) is 12.3 Å². The lowest BCUT2D eigenvalue weighted by Crippen LogP contribution is -2.61. The molecule has 0 bridgehead atoms. The third-order valence-electron chi connectivity index (χ3n) is 18.1. The lowest BCUT2D eigenvalue weighted by molar-refractivity contribution is 0.195. The standard InChI is InChI=1S/C69H70BN3O/c1-43-36-60-64-61(37-43)72(56-30-24-45(65(2,3)4)38-51(56)44-20-14-13-15-21-44)58-32-26-47(67(8,9)10)40-55(58)70(64)54-29-27-49(42-59(54)71(60)48-28-33-63-52(41-48)50-22-16-17-23-62(50)74-63)73-57-31-25-46(66(5,6)7)39-53(57)68(11)34-18-19-35-69(68,73)12/h13-17,20-33,36-42H,18-19,34-35H2,1-12H3. The fourth-order valence-corrected chi connectivity index (χ4v) is 13.8. The average Bonchev–Trinajstić information content (AvgIpc) is 3.95. The van der Waals surface area contributed by atoms with Gasteiger partial charge in [-0.25, -0.2) is 0 Å². The molecule has 13 rings (SSSR count). The van der Waals surface area contributed by atoms with Crippen molar-refractivity contribution in [1.82, 2.24) is 0 Å². The number of hydrogen-bond donors (Lipinski definition) is 0. The van der Waals surface area contributed by atoms with Crippen molar-refractivity contribution in [2.75, 3.05) is 14.7 Å². The zero-order valence-electron chi connectivity index (χ0n) is 45.7. The van der Waals surface area contributed by atoms with Crippen LogP contribution in [-0.2, 0) is 21.7 Å². The topological polar surface area (TPSA) is 22.9 Å². The maximum atomic E-state index is 6.52. The third-order valence-corrected chi connectivity index (χ3v) is 18.1. The molecule has 4 heterocycles. The van der Waals surface area contributed by atoms with Gasteiger partial charge in [-0.1, -0.05) is 167 Å². The molecule has 0 spiro atoms. The molecule has 0 radical (unpaired) electrons. The largest absolute Gasteiger partial charge is 0.456 e. The van der Waals surface area contributed by atoms with Crippen molar-refractivity contribution in [1.29, 1.82) is 0 Å². The fraction of sp³-hybridized carbons (Fsp3) is 0.304. The summed E-state index contributed by atoms with van der Waals surface area (Å²) in [5.74, 6) is 0. The van der Waals surface area contributed by atoms with Crippen LogP contribution in [0.2, 0.25) is 0 Å². The van der Waals surface area contributed by atoms with E-state index in [9.17, 15) is 0 Å². The van der Waals surface area contributed by atoms with Crippen LogP contribution in [0, 0.1) is 6.92 Å². The van der Waals surface area contributed by atoms with E-state index in [4.69, 9.17) is 4.42 Å². The summed E-state index contributed by atoms with van der Waals surface area (Å²) in [6.07, 6.45) is 4.80. The second kappa shape index (κ2) is 16.0. The van der Waals surface area contributed by atoms with Crippen LogP contribution in [0.1, 0.15) is 130 Å². The van der Waals surface area contributed by atoms with E-state index in [-0.39, 0.29) is 33.9 Å². The van der Waals surface area contributed by atoms with Crippen molar-refractivity contribution in [2.45, 2.75) is 136 Å². The molecule has 0 amide bonds. The summed E-state index contributed by atoms with van der Waals surface area (Å²) < 4.78 is 6.52. The van der Waals surface area contributed by atoms with Crippen LogP contribution in [0.15, 0.2) is 162 Å². The predicted octanol–water partition coefficient (Wildman–Crippen LogP) is 17.3. The van der Waals surface area contributed by atoms with E-state index in [1.165, 1.54) is 114 Å². The lowest BCUT2D eigenvalue weighted by atomic mass is 9.33.